The summed E-state index contributed by atoms with van der Waals surface area (Å²) in [7, 11) is 0.368. The molecule has 0 amide bonds. The third kappa shape index (κ3) is 4.04. The van der Waals surface area contributed by atoms with Gasteiger partial charge in [-0.25, -0.2) is 0 Å². The van der Waals surface area contributed by atoms with Gasteiger partial charge in [-0.05, 0) is 12.5 Å². The van der Waals surface area contributed by atoms with Gasteiger partial charge in [-0.1, -0.05) is 43.4 Å². The maximum absolute atomic E-state index is 11.4. The van der Waals surface area contributed by atoms with Crippen LogP contribution in [-0.2, 0) is 9.53 Å². The van der Waals surface area contributed by atoms with Crippen LogP contribution in [0.1, 0.15) is 6.42 Å². The summed E-state index contributed by atoms with van der Waals surface area (Å²) in [4.78, 5) is 11.4. The van der Waals surface area contributed by atoms with Crippen LogP contribution in [0.5, 0.6) is 0 Å². The molecule has 0 bridgehead atoms. The van der Waals surface area contributed by atoms with Crippen LogP contribution in [0.3, 0.4) is 0 Å². The van der Waals surface area contributed by atoms with Gasteiger partial charge in [-0.15, -0.1) is 0 Å². The van der Waals surface area contributed by atoms with Gasteiger partial charge < -0.3 is 4.74 Å². The van der Waals surface area contributed by atoms with Crippen molar-refractivity contribution in [1.82, 2.24) is 0 Å². The predicted molar refractivity (Wildman–Crippen MR) is 65.5 cm³/mol. The van der Waals surface area contributed by atoms with E-state index in [1.54, 1.807) is 0 Å². The molecule has 1 aliphatic rings. The Morgan fingerprint density at radius 1 is 1.53 bits per heavy atom. The molecule has 0 radical (unpaired) electrons. The molecule has 0 aromatic carbocycles. The van der Waals surface area contributed by atoms with Crippen molar-refractivity contribution < 1.29 is 9.53 Å². The van der Waals surface area contributed by atoms with Crippen molar-refractivity contribution in [2.24, 2.45) is 5.92 Å². The number of allylic oxidation sites excluding steroid dienone is 2. The Hall–Kier alpha value is -0.833. The molecule has 0 saturated heterocycles. The number of hydrogen-bond donors (Lipinski definition) is 0. The molecular weight excluding hydrogens is 204 g/mol. The average Bonchev–Trinajstić information content (AvgIpc) is 2.14. The first kappa shape index (κ1) is 12.2. The van der Waals surface area contributed by atoms with E-state index in [1.165, 1.54) is 18.7 Å². The van der Waals surface area contributed by atoms with Crippen LogP contribution >= 0.6 is 0 Å². The van der Waals surface area contributed by atoms with Crippen LogP contribution in [0, 0.1) is 5.92 Å². The van der Waals surface area contributed by atoms with Gasteiger partial charge in [0, 0.05) is 8.07 Å². The Balaban J connectivity index is 2.68. The summed E-state index contributed by atoms with van der Waals surface area (Å²) < 4.78 is 4.74. The van der Waals surface area contributed by atoms with Crippen molar-refractivity contribution in [3.8, 4) is 0 Å². The molecule has 2 nitrogen and oxygen atoms in total. The van der Waals surface area contributed by atoms with E-state index in [4.69, 9.17) is 4.74 Å². The summed E-state index contributed by atoms with van der Waals surface area (Å²) in [5.74, 6) is -0.311. The fraction of sp³-hybridized carbons (Fsp3) is 0.583. The molecule has 84 valence electrons. The maximum atomic E-state index is 11.4. The van der Waals surface area contributed by atoms with Crippen LogP contribution in [0.2, 0.25) is 25.7 Å². The van der Waals surface area contributed by atoms with Gasteiger partial charge in [0.1, 0.15) is 0 Å². The van der Waals surface area contributed by atoms with Gasteiger partial charge >= 0.3 is 5.97 Å². The molecule has 0 unspecified atom stereocenters. The highest BCUT2D eigenvalue weighted by Gasteiger charge is 2.20. The molecule has 0 saturated carbocycles. The molecule has 1 rings (SSSR count). The topological polar surface area (TPSA) is 26.3 Å². The number of carbonyl (C=O) groups is 1. The molecule has 0 heterocycles. The number of carbonyl (C=O) groups excluding carboxylic acids is 1. The number of rotatable bonds is 3. The summed E-state index contributed by atoms with van der Waals surface area (Å²) in [5.41, 5.74) is 1.40. The molecule has 15 heavy (non-hydrogen) atoms. The van der Waals surface area contributed by atoms with Gasteiger partial charge in [0.25, 0.3) is 0 Å². The van der Waals surface area contributed by atoms with E-state index in [0.29, 0.717) is 0 Å². The van der Waals surface area contributed by atoms with E-state index in [0.717, 1.165) is 6.42 Å². The lowest BCUT2D eigenvalue weighted by molar-refractivity contribution is -0.142. The molecule has 1 atom stereocenters. The van der Waals surface area contributed by atoms with E-state index < -0.39 is 8.07 Å². The van der Waals surface area contributed by atoms with Crippen LogP contribution in [0.25, 0.3) is 0 Å². The van der Waals surface area contributed by atoms with Crippen molar-refractivity contribution in [2.45, 2.75) is 32.1 Å². The molecule has 0 N–H and O–H groups in total. The summed E-state index contributed by atoms with van der Waals surface area (Å²) in [6, 6.07) is 1.17. The molecule has 0 aromatic rings. The standard InChI is InChI=1S/C12H20O2Si/c1-14-12(13)11-7-5-6-10(8-11)9-15(2,3)4/h5,7-8,11H,6,9H2,1-4H3/t11-/m0/s1. The van der Waals surface area contributed by atoms with Gasteiger partial charge in [-0.3, -0.25) is 4.79 Å². The summed E-state index contributed by atoms with van der Waals surface area (Å²) in [6.45, 7) is 7.04. The average molecular weight is 224 g/mol. The molecular formula is C12H20O2Si. The summed E-state index contributed by atoms with van der Waals surface area (Å²) in [5, 5.41) is 0. The Bertz CT molecular complexity index is 297. The van der Waals surface area contributed by atoms with Crippen molar-refractivity contribution in [3.63, 3.8) is 0 Å². The highest BCUT2D eigenvalue weighted by Crippen LogP contribution is 2.25. The highest BCUT2D eigenvalue weighted by molar-refractivity contribution is 6.76. The Kier molecular flexibility index (Phi) is 3.91. The minimum absolute atomic E-state index is 0.154. The van der Waals surface area contributed by atoms with Gasteiger partial charge in [0.2, 0.25) is 0 Å². The quantitative estimate of drug-likeness (QED) is 0.418. The second kappa shape index (κ2) is 4.79. The number of methoxy groups -OCH3 is 1. The van der Waals surface area contributed by atoms with E-state index >= 15 is 0 Å². The molecule has 0 spiro atoms. The van der Waals surface area contributed by atoms with Gasteiger partial charge in [0.15, 0.2) is 0 Å². The predicted octanol–water partition coefficient (Wildman–Crippen LogP) is 3.00. The van der Waals surface area contributed by atoms with Crippen LogP contribution in [-0.4, -0.2) is 21.2 Å². The second-order valence-corrected chi connectivity index (χ2v) is 10.7. The lowest BCUT2D eigenvalue weighted by atomic mass is 9.98. The Morgan fingerprint density at radius 2 is 2.20 bits per heavy atom. The second-order valence-electron chi connectivity index (χ2n) is 5.24. The Labute approximate surface area is 93.0 Å². The third-order valence-electron chi connectivity index (χ3n) is 2.37. The van der Waals surface area contributed by atoms with Crippen molar-refractivity contribution >= 4 is 14.0 Å². The van der Waals surface area contributed by atoms with Crippen molar-refractivity contribution in [1.29, 1.82) is 0 Å². The zero-order valence-corrected chi connectivity index (χ0v) is 11.0. The zero-order chi connectivity index (χ0) is 11.5. The first-order valence-corrected chi connectivity index (χ1v) is 9.07. The van der Waals surface area contributed by atoms with E-state index in [1.807, 2.05) is 6.08 Å². The number of ether oxygens (including phenoxy) is 1. The SMILES string of the molecule is COC(=O)[C@H]1C=CCC(C[Si](C)(C)C)=C1. The Morgan fingerprint density at radius 3 is 2.73 bits per heavy atom. The van der Waals surface area contributed by atoms with Crippen LogP contribution in [0.4, 0.5) is 0 Å². The van der Waals surface area contributed by atoms with E-state index in [-0.39, 0.29) is 11.9 Å². The molecule has 0 aliphatic heterocycles. The number of esters is 1. The van der Waals surface area contributed by atoms with Crippen LogP contribution < -0.4 is 0 Å². The fourth-order valence-corrected chi connectivity index (χ4v) is 3.46. The zero-order valence-electron chi connectivity index (χ0n) is 10.0. The number of hydrogen-bond acceptors (Lipinski definition) is 2. The monoisotopic (exact) mass is 224 g/mol. The molecule has 0 fully saturated rings. The lowest BCUT2D eigenvalue weighted by Gasteiger charge is -2.21. The fourth-order valence-electron chi connectivity index (χ4n) is 1.84. The third-order valence-corrected chi connectivity index (χ3v) is 3.88. The first-order valence-electron chi connectivity index (χ1n) is 5.36. The minimum Gasteiger partial charge on any atom is -0.468 e. The van der Waals surface area contributed by atoms with Gasteiger partial charge in [0.05, 0.1) is 13.0 Å². The molecule has 3 heteroatoms. The van der Waals surface area contributed by atoms with E-state index in [2.05, 4.69) is 31.8 Å². The van der Waals surface area contributed by atoms with Crippen molar-refractivity contribution in [3.05, 3.63) is 23.8 Å². The van der Waals surface area contributed by atoms with Crippen LogP contribution in [0.15, 0.2) is 23.8 Å². The summed E-state index contributed by atoms with van der Waals surface area (Å²) >= 11 is 0. The minimum atomic E-state index is -1.07. The summed E-state index contributed by atoms with van der Waals surface area (Å²) in [6.07, 6.45) is 7.08. The smallest absolute Gasteiger partial charge is 0.316 e. The van der Waals surface area contributed by atoms with Gasteiger partial charge in [-0.2, -0.15) is 0 Å². The lowest BCUT2D eigenvalue weighted by Crippen LogP contribution is -2.22. The normalized spacial score (nSPS) is 21.1. The first-order chi connectivity index (χ1) is 6.92. The van der Waals surface area contributed by atoms with E-state index in [9.17, 15) is 4.79 Å². The molecule has 1 aliphatic carbocycles. The largest absolute Gasteiger partial charge is 0.468 e. The highest BCUT2D eigenvalue weighted by atomic mass is 28.3. The maximum Gasteiger partial charge on any atom is 0.316 e. The van der Waals surface area contributed by atoms with Crippen molar-refractivity contribution in [2.75, 3.05) is 7.11 Å². The molecule has 0 aromatic heterocycles.